The van der Waals surface area contributed by atoms with E-state index in [4.69, 9.17) is 4.74 Å². The van der Waals surface area contributed by atoms with Crippen LogP contribution in [0.1, 0.15) is 51.0 Å². The molecule has 2 heterocycles. The Hall–Kier alpha value is -1.55. The summed E-state index contributed by atoms with van der Waals surface area (Å²) in [5.41, 5.74) is 1.20. The molecule has 1 aromatic carbocycles. The Morgan fingerprint density at radius 3 is 2.58 bits per heavy atom. The van der Waals surface area contributed by atoms with E-state index in [1.54, 1.807) is 0 Å². The van der Waals surface area contributed by atoms with Crippen LogP contribution in [-0.4, -0.2) is 54.5 Å². The van der Waals surface area contributed by atoms with Gasteiger partial charge in [-0.3, -0.25) is 4.79 Å². The van der Waals surface area contributed by atoms with Gasteiger partial charge in [0.2, 0.25) is 5.91 Å². The van der Waals surface area contributed by atoms with Gasteiger partial charge in [-0.15, -0.1) is 0 Å². The number of ether oxygens (including phenoxy) is 1. The van der Waals surface area contributed by atoms with Crippen molar-refractivity contribution in [2.24, 2.45) is 0 Å². The predicted octanol–water partition coefficient (Wildman–Crippen LogP) is 3.28. The molecule has 1 amide bonds. The molecule has 1 fully saturated rings. The topological polar surface area (TPSA) is 32.8 Å². The number of hydrogen-bond acceptors (Lipinski definition) is 3. The lowest BCUT2D eigenvalue weighted by Crippen LogP contribution is -2.47. The summed E-state index contributed by atoms with van der Waals surface area (Å²) in [5.74, 6) is 1.58. The van der Waals surface area contributed by atoms with Gasteiger partial charge in [0.05, 0.1) is 6.61 Å². The van der Waals surface area contributed by atoms with Crippen LogP contribution in [0, 0.1) is 0 Å². The molecule has 1 saturated heterocycles. The van der Waals surface area contributed by atoms with E-state index in [2.05, 4.69) is 29.7 Å². The molecule has 3 rings (SSSR count). The van der Waals surface area contributed by atoms with Crippen LogP contribution in [0.15, 0.2) is 24.3 Å². The molecule has 4 nitrogen and oxygen atoms in total. The van der Waals surface area contributed by atoms with Crippen molar-refractivity contribution < 1.29 is 9.53 Å². The third kappa shape index (κ3) is 3.75. The number of benzene rings is 1. The summed E-state index contributed by atoms with van der Waals surface area (Å²) in [5, 5.41) is 0. The van der Waals surface area contributed by atoms with E-state index in [1.807, 2.05) is 18.2 Å². The van der Waals surface area contributed by atoms with E-state index in [9.17, 15) is 4.79 Å². The number of para-hydroxylation sites is 1. The summed E-state index contributed by atoms with van der Waals surface area (Å²) in [6.07, 6.45) is 3.78. The molecule has 0 aliphatic carbocycles. The fourth-order valence-corrected chi connectivity index (χ4v) is 4.19. The maximum atomic E-state index is 12.8. The van der Waals surface area contributed by atoms with Crippen molar-refractivity contribution in [1.82, 2.24) is 9.80 Å². The minimum absolute atomic E-state index is 0.308. The minimum atomic E-state index is 0.308. The first-order valence-corrected chi connectivity index (χ1v) is 9.46. The highest BCUT2D eigenvalue weighted by atomic mass is 16.5. The molecular formula is C20H30N2O2. The highest BCUT2D eigenvalue weighted by molar-refractivity contribution is 5.77. The van der Waals surface area contributed by atoms with Gasteiger partial charge in [0.25, 0.3) is 0 Å². The summed E-state index contributed by atoms with van der Waals surface area (Å²) >= 11 is 0. The number of carbonyl (C=O) groups is 1. The Balaban J connectivity index is 1.56. The normalized spacial score (nSPS) is 21.5. The molecule has 1 aromatic rings. The van der Waals surface area contributed by atoms with E-state index >= 15 is 0 Å². The molecule has 0 saturated carbocycles. The first-order valence-electron chi connectivity index (χ1n) is 9.46. The van der Waals surface area contributed by atoms with Crippen LogP contribution in [-0.2, 0) is 4.79 Å². The van der Waals surface area contributed by atoms with Gasteiger partial charge in [0.1, 0.15) is 5.75 Å². The van der Waals surface area contributed by atoms with E-state index in [0.29, 0.717) is 24.3 Å². The maximum Gasteiger partial charge on any atom is 0.223 e. The van der Waals surface area contributed by atoms with Crippen molar-refractivity contribution in [1.29, 1.82) is 0 Å². The molecule has 0 spiro atoms. The van der Waals surface area contributed by atoms with Gasteiger partial charge >= 0.3 is 0 Å². The molecule has 0 N–H and O–H groups in total. The maximum absolute atomic E-state index is 12.8. The smallest absolute Gasteiger partial charge is 0.223 e. The number of amides is 1. The first kappa shape index (κ1) is 17.3. The van der Waals surface area contributed by atoms with Crippen LogP contribution in [0.4, 0.5) is 0 Å². The molecule has 0 unspecified atom stereocenters. The lowest BCUT2D eigenvalue weighted by molar-refractivity contribution is -0.133. The van der Waals surface area contributed by atoms with Crippen LogP contribution in [0.25, 0.3) is 0 Å². The average molecular weight is 330 g/mol. The van der Waals surface area contributed by atoms with Crippen LogP contribution >= 0.6 is 0 Å². The van der Waals surface area contributed by atoms with Crippen LogP contribution < -0.4 is 4.74 Å². The second-order valence-corrected chi connectivity index (χ2v) is 6.91. The molecule has 0 bridgehead atoms. The zero-order valence-electron chi connectivity index (χ0n) is 15.0. The Morgan fingerprint density at radius 1 is 1.17 bits per heavy atom. The van der Waals surface area contributed by atoms with Crippen molar-refractivity contribution in [3.8, 4) is 5.75 Å². The zero-order chi connectivity index (χ0) is 16.9. The molecule has 24 heavy (non-hydrogen) atoms. The van der Waals surface area contributed by atoms with Gasteiger partial charge in [-0.2, -0.15) is 0 Å². The Bertz CT molecular complexity index is 548. The number of piperidine rings is 1. The van der Waals surface area contributed by atoms with Crippen LogP contribution in [0.3, 0.4) is 0 Å². The van der Waals surface area contributed by atoms with Crippen molar-refractivity contribution in [3.05, 3.63) is 29.8 Å². The van der Waals surface area contributed by atoms with E-state index in [-0.39, 0.29) is 0 Å². The Kier molecular flexibility index (Phi) is 5.77. The summed E-state index contributed by atoms with van der Waals surface area (Å²) < 4.78 is 5.72. The molecule has 4 heteroatoms. The third-order valence-electron chi connectivity index (χ3n) is 5.65. The van der Waals surface area contributed by atoms with E-state index in [1.165, 1.54) is 5.56 Å². The number of hydrogen-bond donors (Lipinski definition) is 0. The summed E-state index contributed by atoms with van der Waals surface area (Å²) in [7, 11) is 0. The lowest BCUT2D eigenvalue weighted by atomic mass is 9.89. The van der Waals surface area contributed by atoms with Crippen LogP contribution in [0.2, 0.25) is 0 Å². The predicted molar refractivity (Wildman–Crippen MR) is 96.4 cm³/mol. The number of fused-ring (bicyclic) bond motifs is 1. The number of nitrogens with zero attached hydrogens (tertiary/aromatic N) is 2. The van der Waals surface area contributed by atoms with Crippen LogP contribution in [0.5, 0.6) is 5.75 Å². The lowest BCUT2D eigenvalue weighted by Gasteiger charge is -2.38. The molecule has 2 aliphatic heterocycles. The monoisotopic (exact) mass is 330 g/mol. The number of likely N-dealkylation sites (tertiary alicyclic amines) is 1. The van der Waals surface area contributed by atoms with E-state index < -0.39 is 0 Å². The highest BCUT2D eigenvalue weighted by Gasteiger charge is 2.29. The number of rotatable bonds is 5. The van der Waals surface area contributed by atoms with Gasteiger partial charge < -0.3 is 14.5 Å². The summed E-state index contributed by atoms with van der Waals surface area (Å²) in [6, 6.07) is 8.81. The van der Waals surface area contributed by atoms with Gasteiger partial charge in [-0.25, -0.2) is 0 Å². The molecule has 132 valence electrons. The molecule has 0 aromatic heterocycles. The summed E-state index contributed by atoms with van der Waals surface area (Å²) in [6.45, 7) is 9.20. The van der Waals surface area contributed by atoms with Crippen molar-refractivity contribution in [3.63, 3.8) is 0 Å². The summed E-state index contributed by atoms with van der Waals surface area (Å²) in [4.78, 5) is 17.4. The largest absolute Gasteiger partial charge is 0.493 e. The molecule has 2 aliphatic rings. The zero-order valence-corrected chi connectivity index (χ0v) is 15.0. The highest BCUT2D eigenvalue weighted by Crippen LogP contribution is 2.36. The van der Waals surface area contributed by atoms with Gasteiger partial charge in [0.15, 0.2) is 0 Å². The van der Waals surface area contributed by atoms with Gasteiger partial charge in [-0.1, -0.05) is 32.0 Å². The minimum Gasteiger partial charge on any atom is -0.493 e. The van der Waals surface area contributed by atoms with Gasteiger partial charge in [-0.05, 0) is 49.9 Å². The molecular weight excluding hydrogens is 300 g/mol. The quantitative estimate of drug-likeness (QED) is 0.830. The fourth-order valence-electron chi connectivity index (χ4n) is 4.19. The SMILES string of the molecule is CCN(CC)C1CCN(C(=O)C[C@H]2CCOc3ccccc32)CC1. The van der Waals surface area contributed by atoms with Crippen molar-refractivity contribution in [2.75, 3.05) is 32.8 Å². The third-order valence-corrected chi connectivity index (χ3v) is 5.65. The van der Waals surface area contributed by atoms with Crippen molar-refractivity contribution >= 4 is 5.91 Å². The van der Waals surface area contributed by atoms with Gasteiger partial charge in [0, 0.05) is 25.6 Å². The first-order chi connectivity index (χ1) is 11.7. The standard InChI is InChI=1S/C20H30N2O2/c1-3-21(4-2)17-9-12-22(13-10-17)20(23)15-16-11-14-24-19-8-6-5-7-18(16)19/h5-8,16-17H,3-4,9-15H2,1-2H3/t16-/m1/s1. The number of carbonyl (C=O) groups excluding carboxylic acids is 1. The van der Waals surface area contributed by atoms with E-state index in [0.717, 1.165) is 57.8 Å². The Morgan fingerprint density at radius 2 is 1.88 bits per heavy atom. The average Bonchev–Trinajstić information content (AvgIpc) is 2.63. The Labute approximate surface area is 145 Å². The second-order valence-electron chi connectivity index (χ2n) is 6.91. The molecule has 0 radical (unpaired) electrons. The second kappa shape index (κ2) is 8.02. The van der Waals surface area contributed by atoms with Crippen molar-refractivity contribution in [2.45, 2.75) is 51.5 Å². The molecule has 1 atom stereocenters. The fraction of sp³-hybridized carbons (Fsp3) is 0.650.